The molecule has 0 aliphatic heterocycles. The third-order valence-corrected chi connectivity index (χ3v) is 2.89. The molecule has 2 rings (SSSR count). The molecule has 0 saturated carbocycles. The highest BCUT2D eigenvalue weighted by molar-refractivity contribution is 7.71. The molecule has 1 aromatic carbocycles. The molecule has 2 aromatic rings. The fourth-order valence-corrected chi connectivity index (χ4v) is 1.89. The number of aromatic nitrogens is 3. The topological polar surface area (TPSA) is 52.1 Å². The molecule has 1 N–H and O–H groups in total. The van der Waals surface area contributed by atoms with E-state index < -0.39 is 0 Å². The van der Waals surface area contributed by atoms with E-state index in [1.165, 1.54) is 0 Å². The monoisotopic (exact) mass is 265 g/mol. The minimum Gasteiger partial charge on any atom is -0.497 e. The van der Waals surface area contributed by atoms with Gasteiger partial charge in [-0.25, -0.2) is 0 Å². The van der Waals surface area contributed by atoms with Crippen LogP contribution in [0.3, 0.4) is 0 Å². The zero-order chi connectivity index (χ0) is 13.0. The lowest BCUT2D eigenvalue weighted by atomic mass is 10.3. The maximum Gasteiger partial charge on any atom is 0.195 e. The van der Waals surface area contributed by atoms with Crippen molar-refractivity contribution in [2.24, 2.45) is 0 Å². The quantitative estimate of drug-likeness (QED) is 0.844. The Morgan fingerprint density at radius 2 is 1.94 bits per heavy atom. The van der Waals surface area contributed by atoms with Gasteiger partial charge in [0.05, 0.1) is 7.11 Å². The molecule has 0 amide bonds. The Morgan fingerprint density at radius 3 is 2.56 bits per heavy atom. The van der Waals surface area contributed by atoms with Gasteiger partial charge in [0.15, 0.2) is 10.6 Å². The van der Waals surface area contributed by atoms with Crippen molar-refractivity contribution in [1.29, 1.82) is 0 Å². The lowest BCUT2D eigenvalue weighted by Gasteiger charge is -2.07. The van der Waals surface area contributed by atoms with Crippen molar-refractivity contribution in [1.82, 2.24) is 14.8 Å². The normalized spacial score (nSPS) is 10.3. The van der Waals surface area contributed by atoms with E-state index in [0.717, 1.165) is 23.9 Å². The molecule has 18 heavy (non-hydrogen) atoms. The lowest BCUT2D eigenvalue weighted by Crippen LogP contribution is -2.06. The molecular formula is C12H15N3O2S. The summed E-state index contributed by atoms with van der Waals surface area (Å²) in [5.41, 5.74) is 0. The van der Waals surface area contributed by atoms with Crippen molar-refractivity contribution in [3.05, 3.63) is 34.9 Å². The van der Waals surface area contributed by atoms with Crippen molar-refractivity contribution in [3.63, 3.8) is 0 Å². The first kappa shape index (κ1) is 12.6. The van der Waals surface area contributed by atoms with Gasteiger partial charge in [0.2, 0.25) is 0 Å². The summed E-state index contributed by atoms with van der Waals surface area (Å²) in [7, 11) is 1.63. The lowest BCUT2D eigenvalue weighted by molar-refractivity contribution is 0.288. The second-order valence-corrected chi connectivity index (χ2v) is 4.04. The van der Waals surface area contributed by atoms with Gasteiger partial charge < -0.3 is 14.0 Å². The molecule has 5 nitrogen and oxygen atoms in total. The number of hydrogen-bond donors (Lipinski definition) is 1. The molecule has 0 aliphatic rings. The molecule has 1 aromatic heterocycles. The van der Waals surface area contributed by atoms with Gasteiger partial charge in [-0.15, -0.1) is 0 Å². The van der Waals surface area contributed by atoms with Gasteiger partial charge in [-0.3, -0.25) is 5.10 Å². The summed E-state index contributed by atoms with van der Waals surface area (Å²) in [6.07, 6.45) is 0. The molecule has 0 unspecified atom stereocenters. The summed E-state index contributed by atoms with van der Waals surface area (Å²) in [6.45, 7) is 3.17. The number of H-pyrrole nitrogens is 1. The smallest absolute Gasteiger partial charge is 0.195 e. The number of ether oxygens (including phenoxy) is 2. The predicted octanol–water partition coefficient (Wildman–Crippen LogP) is 2.55. The number of hydrogen-bond acceptors (Lipinski definition) is 4. The minimum absolute atomic E-state index is 0.382. The Kier molecular flexibility index (Phi) is 3.99. The second kappa shape index (κ2) is 5.68. The third kappa shape index (κ3) is 2.70. The van der Waals surface area contributed by atoms with Crippen LogP contribution in [0.15, 0.2) is 24.3 Å². The van der Waals surface area contributed by atoms with Crippen LogP contribution in [0.25, 0.3) is 0 Å². The summed E-state index contributed by atoms with van der Waals surface area (Å²) in [5.74, 6) is 2.37. The molecule has 0 aliphatic carbocycles. The summed E-state index contributed by atoms with van der Waals surface area (Å²) >= 11 is 5.11. The van der Waals surface area contributed by atoms with E-state index in [-0.39, 0.29) is 0 Å². The maximum atomic E-state index is 5.64. The minimum atomic E-state index is 0.382. The van der Waals surface area contributed by atoms with Crippen LogP contribution < -0.4 is 9.47 Å². The van der Waals surface area contributed by atoms with Gasteiger partial charge in [0, 0.05) is 6.54 Å². The van der Waals surface area contributed by atoms with Gasteiger partial charge in [-0.1, -0.05) is 0 Å². The summed E-state index contributed by atoms with van der Waals surface area (Å²) < 4.78 is 13.2. The van der Waals surface area contributed by atoms with Crippen LogP contribution in [0, 0.1) is 4.77 Å². The molecular weight excluding hydrogens is 250 g/mol. The van der Waals surface area contributed by atoms with E-state index in [2.05, 4.69) is 10.2 Å². The van der Waals surface area contributed by atoms with Crippen molar-refractivity contribution < 1.29 is 9.47 Å². The Bertz CT molecular complexity index is 559. The molecule has 0 saturated heterocycles. The van der Waals surface area contributed by atoms with Crippen LogP contribution >= 0.6 is 12.2 Å². The fraction of sp³-hybridized carbons (Fsp3) is 0.333. The Morgan fingerprint density at radius 1 is 1.28 bits per heavy atom. The highest BCUT2D eigenvalue weighted by atomic mass is 32.1. The number of methoxy groups -OCH3 is 1. The first-order valence-electron chi connectivity index (χ1n) is 5.65. The Hall–Kier alpha value is -1.82. The molecule has 6 heteroatoms. The van der Waals surface area contributed by atoms with Crippen LogP contribution in [-0.2, 0) is 13.2 Å². The van der Waals surface area contributed by atoms with Gasteiger partial charge >= 0.3 is 0 Å². The number of nitrogens with zero attached hydrogens (tertiary/aromatic N) is 2. The van der Waals surface area contributed by atoms with Crippen LogP contribution in [-0.4, -0.2) is 21.9 Å². The van der Waals surface area contributed by atoms with Gasteiger partial charge in [0.1, 0.15) is 18.1 Å². The van der Waals surface area contributed by atoms with Crippen molar-refractivity contribution in [2.75, 3.05) is 7.11 Å². The Labute approximate surface area is 110 Å². The summed E-state index contributed by atoms with van der Waals surface area (Å²) in [5, 5.41) is 6.89. The van der Waals surface area contributed by atoms with E-state index in [9.17, 15) is 0 Å². The average molecular weight is 265 g/mol. The van der Waals surface area contributed by atoms with E-state index >= 15 is 0 Å². The van der Waals surface area contributed by atoms with E-state index in [0.29, 0.717) is 11.4 Å². The number of aromatic amines is 1. The van der Waals surface area contributed by atoms with Gasteiger partial charge in [-0.05, 0) is 43.4 Å². The maximum absolute atomic E-state index is 5.64. The molecule has 0 bridgehead atoms. The van der Waals surface area contributed by atoms with E-state index in [1.807, 2.05) is 35.8 Å². The number of rotatable bonds is 5. The van der Waals surface area contributed by atoms with E-state index in [1.54, 1.807) is 7.11 Å². The zero-order valence-electron chi connectivity index (χ0n) is 10.3. The van der Waals surface area contributed by atoms with Crippen LogP contribution in [0.5, 0.6) is 11.5 Å². The third-order valence-electron chi connectivity index (χ3n) is 2.58. The zero-order valence-corrected chi connectivity index (χ0v) is 11.2. The molecule has 0 radical (unpaired) electrons. The van der Waals surface area contributed by atoms with Gasteiger partial charge in [0.25, 0.3) is 0 Å². The molecule has 96 valence electrons. The first-order valence-corrected chi connectivity index (χ1v) is 6.06. The fourth-order valence-electron chi connectivity index (χ4n) is 1.61. The highest BCUT2D eigenvalue weighted by Crippen LogP contribution is 2.17. The largest absolute Gasteiger partial charge is 0.497 e. The number of benzene rings is 1. The van der Waals surface area contributed by atoms with Crippen LogP contribution in [0.2, 0.25) is 0 Å². The van der Waals surface area contributed by atoms with Crippen molar-refractivity contribution in [2.45, 2.75) is 20.1 Å². The molecule has 0 spiro atoms. The summed E-state index contributed by atoms with van der Waals surface area (Å²) in [4.78, 5) is 0. The van der Waals surface area contributed by atoms with Crippen LogP contribution in [0.1, 0.15) is 12.7 Å². The first-order chi connectivity index (χ1) is 8.74. The SMILES string of the molecule is CCn1c(COc2ccc(OC)cc2)n[nH]c1=S. The van der Waals surface area contributed by atoms with Crippen molar-refractivity contribution >= 4 is 12.2 Å². The van der Waals surface area contributed by atoms with Crippen LogP contribution in [0.4, 0.5) is 0 Å². The molecule has 0 atom stereocenters. The predicted molar refractivity (Wildman–Crippen MR) is 70.4 cm³/mol. The van der Waals surface area contributed by atoms with Crippen molar-refractivity contribution in [3.8, 4) is 11.5 Å². The summed E-state index contributed by atoms with van der Waals surface area (Å²) in [6, 6.07) is 7.42. The second-order valence-electron chi connectivity index (χ2n) is 3.65. The molecule has 1 heterocycles. The Balaban J connectivity index is 2.04. The average Bonchev–Trinajstić information content (AvgIpc) is 2.77. The van der Waals surface area contributed by atoms with E-state index in [4.69, 9.17) is 21.7 Å². The molecule has 0 fully saturated rings. The number of nitrogens with one attached hydrogen (secondary N) is 1. The highest BCUT2D eigenvalue weighted by Gasteiger charge is 2.05. The standard InChI is InChI=1S/C12H15N3O2S/c1-3-15-11(13-14-12(15)18)8-17-10-6-4-9(16-2)5-7-10/h4-7H,3,8H2,1-2H3,(H,14,18). The van der Waals surface area contributed by atoms with Gasteiger partial charge in [-0.2, -0.15) is 5.10 Å².